The maximum atomic E-state index is 13.7. The molecule has 3 fully saturated rings. The first-order valence-corrected chi connectivity index (χ1v) is 12.3. The fraction of sp³-hybridized carbons (Fsp3) is 0.385. The van der Waals surface area contributed by atoms with Gasteiger partial charge in [-0.3, -0.25) is 9.59 Å². The van der Waals surface area contributed by atoms with E-state index in [-0.39, 0.29) is 31.0 Å². The SMILES string of the molecule is [C-]#[N+]c1ccc(N2C(=O)[C@@H]3[C@H](C2=O)C2(C)OC3(CCOc3noc4ccc(Cl)cc34)C[C@H]2O)cc1C(F)(F)F. The molecule has 39 heavy (non-hydrogen) atoms. The number of aliphatic hydroxyl groups excluding tert-OH is 1. The van der Waals surface area contributed by atoms with E-state index in [1.54, 1.807) is 18.2 Å². The second-order valence-electron chi connectivity index (χ2n) is 10.1. The van der Waals surface area contributed by atoms with Gasteiger partial charge in [0.2, 0.25) is 11.8 Å². The van der Waals surface area contributed by atoms with Crippen molar-refractivity contribution in [1.29, 1.82) is 0 Å². The van der Waals surface area contributed by atoms with Gasteiger partial charge in [-0.2, -0.15) is 13.2 Å². The van der Waals surface area contributed by atoms with Crippen LogP contribution >= 0.6 is 11.6 Å². The van der Waals surface area contributed by atoms with Crippen LogP contribution in [0.4, 0.5) is 24.5 Å². The smallest absolute Gasteiger partial charge is 0.407 e. The second-order valence-corrected chi connectivity index (χ2v) is 10.5. The molecule has 1 aromatic heterocycles. The third-order valence-corrected chi connectivity index (χ3v) is 8.18. The summed E-state index contributed by atoms with van der Waals surface area (Å²) in [4.78, 5) is 30.8. The molecule has 4 heterocycles. The molecule has 2 unspecified atom stereocenters. The molecule has 3 aliphatic rings. The second kappa shape index (κ2) is 8.42. The summed E-state index contributed by atoms with van der Waals surface area (Å²) in [7, 11) is 0. The van der Waals surface area contributed by atoms with Crippen LogP contribution in [-0.2, 0) is 20.5 Å². The number of aromatic nitrogens is 1. The molecule has 13 heteroatoms. The highest BCUT2D eigenvalue weighted by molar-refractivity contribution is 6.31. The predicted octanol–water partition coefficient (Wildman–Crippen LogP) is 4.92. The van der Waals surface area contributed by atoms with Crippen LogP contribution in [0.3, 0.4) is 0 Å². The zero-order valence-corrected chi connectivity index (χ0v) is 20.9. The Labute approximate surface area is 223 Å². The van der Waals surface area contributed by atoms with Crippen LogP contribution in [0.5, 0.6) is 5.88 Å². The maximum absolute atomic E-state index is 13.7. The quantitative estimate of drug-likeness (QED) is 0.348. The third kappa shape index (κ3) is 3.64. The Morgan fingerprint density at radius 3 is 2.69 bits per heavy atom. The van der Waals surface area contributed by atoms with Crippen LogP contribution in [0.1, 0.15) is 25.3 Å². The molecule has 0 aliphatic carbocycles. The number of imide groups is 1. The molecule has 5 atom stereocenters. The summed E-state index contributed by atoms with van der Waals surface area (Å²) in [5, 5.41) is 15.7. The van der Waals surface area contributed by atoms with E-state index < -0.39 is 58.4 Å². The Morgan fingerprint density at radius 2 is 1.97 bits per heavy atom. The van der Waals surface area contributed by atoms with E-state index in [1.165, 1.54) is 6.92 Å². The first kappa shape index (κ1) is 25.6. The Hall–Kier alpha value is -3.66. The monoisotopic (exact) mass is 561 g/mol. The number of nitrogens with zero attached hydrogens (tertiary/aromatic N) is 3. The topological polar surface area (TPSA) is 106 Å². The van der Waals surface area contributed by atoms with Crippen molar-refractivity contribution in [3.63, 3.8) is 0 Å². The van der Waals surface area contributed by atoms with Gasteiger partial charge in [0.05, 0.1) is 47.7 Å². The molecule has 3 aromatic rings. The Kier molecular flexibility index (Phi) is 5.53. The summed E-state index contributed by atoms with van der Waals surface area (Å²) in [6.45, 7) is 8.53. The minimum absolute atomic E-state index is 0.0245. The Balaban J connectivity index is 1.31. The number of benzene rings is 2. The number of hydrogen-bond acceptors (Lipinski definition) is 7. The number of halogens is 4. The number of hydrogen-bond donors (Lipinski definition) is 1. The van der Waals surface area contributed by atoms with Crippen LogP contribution in [0, 0.1) is 18.4 Å². The molecular weight excluding hydrogens is 543 g/mol. The summed E-state index contributed by atoms with van der Waals surface area (Å²) in [6, 6.07) is 7.57. The summed E-state index contributed by atoms with van der Waals surface area (Å²) in [6.07, 6.45) is -5.86. The van der Waals surface area contributed by atoms with Crippen LogP contribution in [0.2, 0.25) is 5.02 Å². The first-order valence-electron chi connectivity index (χ1n) is 11.9. The molecule has 3 aliphatic heterocycles. The van der Waals surface area contributed by atoms with Crippen molar-refractivity contribution < 1.29 is 41.9 Å². The molecule has 2 amide bonds. The first-order chi connectivity index (χ1) is 18.4. The fourth-order valence-electron chi connectivity index (χ4n) is 6.18. The van der Waals surface area contributed by atoms with E-state index in [0.717, 1.165) is 12.1 Å². The molecule has 0 saturated carbocycles. The lowest BCUT2D eigenvalue weighted by Gasteiger charge is -2.33. The van der Waals surface area contributed by atoms with Crippen molar-refractivity contribution in [2.24, 2.45) is 11.8 Å². The van der Waals surface area contributed by atoms with Crippen molar-refractivity contribution in [2.45, 2.75) is 43.2 Å². The fourth-order valence-corrected chi connectivity index (χ4v) is 6.35. The number of amides is 2. The van der Waals surface area contributed by atoms with Gasteiger partial charge in [0.15, 0.2) is 11.3 Å². The van der Waals surface area contributed by atoms with Gasteiger partial charge in [0, 0.05) is 23.6 Å². The van der Waals surface area contributed by atoms with Crippen LogP contribution in [0.15, 0.2) is 40.9 Å². The lowest BCUT2D eigenvalue weighted by molar-refractivity contribution is -0.137. The molecule has 1 N–H and O–H groups in total. The largest absolute Gasteiger partial charge is 0.475 e. The zero-order valence-electron chi connectivity index (χ0n) is 20.2. The third-order valence-electron chi connectivity index (χ3n) is 7.94. The molecule has 2 aromatic carbocycles. The van der Waals surface area contributed by atoms with E-state index in [1.807, 2.05) is 0 Å². The average molecular weight is 562 g/mol. The molecule has 202 valence electrons. The van der Waals surface area contributed by atoms with E-state index in [0.29, 0.717) is 27.0 Å². The van der Waals surface area contributed by atoms with Gasteiger partial charge in [-0.25, -0.2) is 9.74 Å². The molecule has 0 radical (unpaired) electrons. The van der Waals surface area contributed by atoms with Crippen molar-refractivity contribution in [3.8, 4) is 5.88 Å². The van der Waals surface area contributed by atoms with Gasteiger partial charge in [0.1, 0.15) is 5.60 Å². The molecular formula is C26H19ClF3N3O6. The average Bonchev–Trinajstić information content (AvgIpc) is 3.55. The number of aliphatic hydroxyl groups is 1. The standard InChI is InChI=1S/C26H19ClF3N3O6/c1-24-18(34)11-25(39-24,7-8-37-21-14-9-12(27)3-6-17(14)38-32-21)20-19(24)22(35)33(23(20)36)13-4-5-16(31-2)15(10-13)26(28,29)30/h3-6,9-10,18-20,34H,7-8,11H2,1H3/t18-,19-,20+,24?,25?/m1/s1. The van der Waals surface area contributed by atoms with Gasteiger partial charge in [0.25, 0.3) is 5.88 Å². The summed E-state index contributed by atoms with van der Waals surface area (Å²) in [5.41, 5.74) is -4.48. The normalized spacial score (nSPS) is 29.8. The molecule has 9 nitrogen and oxygen atoms in total. The lowest BCUT2D eigenvalue weighted by Crippen LogP contribution is -2.49. The number of carbonyl (C=O) groups excluding carboxylic acids is 2. The highest BCUT2D eigenvalue weighted by Crippen LogP contribution is 2.62. The van der Waals surface area contributed by atoms with Gasteiger partial charge in [-0.1, -0.05) is 17.7 Å². The van der Waals surface area contributed by atoms with Crippen LogP contribution in [0.25, 0.3) is 15.8 Å². The van der Waals surface area contributed by atoms with Crippen LogP contribution in [-0.4, -0.2) is 46.0 Å². The van der Waals surface area contributed by atoms with E-state index in [2.05, 4.69) is 10.0 Å². The van der Waals surface area contributed by atoms with Crippen LogP contribution < -0.4 is 9.64 Å². The number of rotatable bonds is 5. The van der Waals surface area contributed by atoms with E-state index in [4.69, 9.17) is 32.2 Å². The zero-order chi connectivity index (χ0) is 27.9. The van der Waals surface area contributed by atoms with Gasteiger partial charge in [-0.05, 0) is 42.4 Å². The summed E-state index contributed by atoms with van der Waals surface area (Å²) >= 11 is 6.05. The van der Waals surface area contributed by atoms with Crippen molar-refractivity contribution in [2.75, 3.05) is 11.5 Å². The number of alkyl halides is 3. The van der Waals surface area contributed by atoms with Gasteiger partial charge < -0.3 is 19.1 Å². The minimum atomic E-state index is -4.87. The highest BCUT2D eigenvalue weighted by atomic mass is 35.5. The van der Waals surface area contributed by atoms with E-state index >= 15 is 0 Å². The summed E-state index contributed by atoms with van der Waals surface area (Å²) < 4.78 is 58.0. The molecule has 6 rings (SSSR count). The lowest BCUT2D eigenvalue weighted by atomic mass is 9.66. The van der Waals surface area contributed by atoms with Gasteiger partial charge in [-0.15, -0.1) is 0 Å². The Bertz CT molecular complexity index is 1590. The number of ether oxygens (including phenoxy) is 2. The van der Waals surface area contributed by atoms with Crippen molar-refractivity contribution >= 4 is 45.8 Å². The molecule has 2 bridgehead atoms. The number of anilines is 1. The highest BCUT2D eigenvalue weighted by Gasteiger charge is 2.77. The number of fused-ring (bicyclic) bond motifs is 6. The Morgan fingerprint density at radius 1 is 1.23 bits per heavy atom. The van der Waals surface area contributed by atoms with E-state index in [9.17, 15) is 27.9 Å². The molecule has 3 saturated heterocycles. The summed E-state index contributed by atoms with van der Waals surface area (Å²) in [5.74, 6) is -3.51. The van der Waals surface area contributed by atoms with Gasteiger partial charge >= 0.3 is 6.18 Å². The number of carbonyl (C=O) groups is 2. The maximum Gasteiger partial charge on any atom is 0.407 e. The predicted molar refractivity (Wildman–Crippen MR) is 129 cm³/mol. The van der Waals surface area contributed by atoms with Crippen molar-refractivity contribution in [3.05, 3.63) is 58.4 Å². The molecule has 0 spiro atoms. The minimum Gasteiger partial charge on any atom is -0.475 e. The van der Waals surface area contributed by atoms with Crippen molar-refractivity contribution in [1.82, 2.24) is 5.16 Å².